The highest BCUT2D eigenvalue weighted by atomic mass is 35.5. The van der Waals surface area contributed by atoms with Crippen molar-refractivity contribution in [2.75, 3.05) is 0 Å². The van der Waals surface area contributed by atoms with E-state index in [2.05, 4.69) is 0 Å². The highest BCUT2D eigenvalue weighted by Gasteiger charge is 2.19. The van der Waals surface area contributed by atoms with Crippen LogP contribution in [0.3, 0.4) is 0 Å². The fourth-order valence-electron chi connectivity index (χ4n) is 3.81. The average Bonchev–Trinajstić information content (AvgIpc) is 2.96. The second-order valence-electron chi connectivity index (χ2n) is 7.19. The maximum absolute atomic E-state index is 14.1. The third-order valence-electron chi connectivity index (χ3n) is 5.24. The van der Waals surface area contributed by atoms with Crippen molar-refractivity contribution in [2.24, 2.45) is 0 Å². The van der Waals surface area contributed by atoms with E-state index in [1.54, 1.807) is 35.8 Å². The Kier molecular flexibility index (Phi) is 5.37. The van der Waals surface area contributed by atoms with E-state index >= 15 is 0 Å². The minimum absolute atomic E-state index is 0.213. The van der Waals surface area contributed by atoms with E-state index in [1.807, 2.05) is 0 Å². The molecule has 0 radical (unpaired) electrons. The molecule has 0 fully saturated rings. The SMILES string of the molecule is Cc1c(-c2ccc(=O)n(Cc3c(F)cccc3F)c2)c2cc(Cl)ccc2n1CC(=O)O. The number of pyridine rings is 1. The summed E-state index contributed by atoms with van der Waals surface area (Å²) in [5.41, 5.74) is 2.01. The summed E-state index contributed by atoms with van der Waals surface area (Å²) in [6.45, 7) is 1.25. The summed E-state index contributed by atoms with van der Waals surface area (Å²) in [5.74, 6) is -2.47. The summed E-state index contributed by atoms with van der Waals surface area (Å²) in [6, 6.07) is 11.6. The highest BCUT2D eigenvalue weighted by Crippen LogP contribution is 2.36. The molecule has 0 saturated heterocycles. The van der Waals surface area contributed by atoms with Crippen molar-refractivity contribution in [2.45, 2.75) is 20.0 Å². The van der Waals surface area contributed by atoms with Crippen molar-refractivity contribution in [3.05, 3.63) is 93.0 Å². The quantitative estimate of drug-likeness (QED) is 0.481. The average molecular weight is 443 g/mol. The predicted molar refractivity (Wildman–Crippen MR) is 114 cm³/mol. The fraction of sp³-hybridized carbons (Fsp3) is 0.130. The van der Waals surface area contributed by atoms with Crippen molar-refractivity contribution in [3.8, 4) is 11.1 Å². The van der Waals surface area contributed by atoms with Gasteiger partial charge < -0.3 is 14.2 Å². The van der Waals surface area contributed by atoms with Gasteiger partial charge in [0.25, 0.3) is 5.56 Å². The largest absolute Gasteiger partial charge is 0.480 e. The Balaban J connectivity index is 1.90. The van der Waals surface area contributed by atoms with Crippen molar-refractivity contribution in [3.63, 3.8) is 0 Å². The number of carboxylic acid groups (broad SMARTS) is 1. The van der Waals surface area contributed by atoms with Crippen LogP contribution in [0, 0.1) is 18.6 Å². The lowest BCUT2D eigenvalue weighted by molar-refractivity contribution is -0.137. The van der Waals surface area contributed by atoms with Crippen LogP contribution in [0.4, 0.5) is 8.78 Å². The van der Waals surface area contributed by atoms with Crippen LogP contribution in [-0.2, 0) is 17.9 Å². The lowest BCUT2D eigenvalue weighted by Gasteiger charge is -2.11. The molecule has 2 aromatic heterocycles. The normalized spacial score (nSPS) is 11.2. The van der Waals surface area contributed by atoms with Gasteiger partial charge in [-0.05, 0) is 43.3 Å². The van der Waals surface area contributed by atoms with Crippen molar-refractivity contribution in [1.82, 2.24) is 9.13 Å². The second-order valence-corrected chi connectivity index (χ2v) is 7.62. The molecule has 0 aliphatic rings. The van der Waals surface area contributed by atoms with E-state index < -0.39 is 23.2 Å². The smallest absolute Gasteiger partial charge is 0.323 e. The number of rotatable bonds is 5. The molecule has 0 aliphatic carbocycles. The zero-order valence-electron chi connectivity index (χ0n) is 16.4. The van der Waals surface area contributed by atoms with Crippen molar-refractivity contribution >= 4 is 28.5 Å². The van der Waals surface area contributed by atoms with Crippen LogP contribution in [0.5, 0.6) is 0 Å². The number of hydrogen-bond donors (Lipinski definition) is 1. The summed E-state index contributed by atoms with van der Waals surface area (Å²) in [4.78, 5) is 23.8. The van der Waals surface area contributed by atoms with Crippen molar-refractivity contribution in [1.29, 1.82) is 0 Å². The number of nitrogens with zero attached hydrogens (tertiary/aromatic N) is 2. The summed E-state index contributed by atoms with van der Waals surface area (Å²) < 4.78 is 31.1. The number of carboxylic acids is 1. The van der Waals surface area contributed by atoms with Gasteiger partial charge >= 0.3 is 5.97 Å². The van der Waals surface area contributed by atoms with Gasteiger partial charge in [-0.25, -0.2) is 8.78 Å². The van der Waals surface area contributed by atoms with Crippen LogP contribution >= 0.6 is 11.6 Å². The second kappa shape index (κ2) is 8.00. The maximum Gasteiger partial charge on any atom is 0.323 e. The minimum atomic E-state index is -0.999. The van der Waals surface area contributed by atoms with E-state index in [0.717, 1.165) is 12.1 Å². The van der Waals surface area contributed by atoms with Crippen LogP contribution in [-0.4, -0.2) is 20.2 Å². The Hall–Kier alpha value is -3.45. The lowest BCUT2D eigenvalue weighted by Crippen LogP contribution is -2.20. The molecule has 0 saturated carbocycles. The predicted octanol–water partition coefficient (Wildman–Crippen LogP) is 4.84. The molecule has 0 aliphatic heterocycles. The van der Waals surface area contributed by atoms with E-state index in [4.69, 9.17) is 11.6 Å². The summed E-state index contributed by atoms with van der Waals surface area (Å²) in [7, 11) is 0. The van der Waals surface area contributed by atoms with Crippen LogP contribution in [0.1, 0.15) is 11.3 Å². The van der Waals surface area contributed by atoms with Gasteiger partial charge in [0.05, 0.1) is 6.54 Å². The van der Waals surface area contributed by atoms with Gasteiger partial charge in [0, 0.05) is 50.6 Å². The molecule has 1 N–H and O–H groups in total. The molecule has 31 heavy (non-hydrogen) atoms. The van der Waals surface area contributed by atoms with E-state index in [9.17, 15) is 23.5 Å². The third kappa shape index (κ3) is 3.84. The Morgan fingerprint density at radius 2 is 1.81 bits per heavy atom. The lowest BCUT2D eigenvalue weighted by atomic mass is 10.0. The molecule has 0 atom stereocenters. The van der Waals surface area contributed by atoms with Gasteiger partial charge in [0.2, 0.25) is 0 Å². The van der Waals surface area contributed by atoms with Gasteiger partial charge in [0.15, 0.2) is 0 Å². The molecule has 0 amide bonds. The molecule has 158 valence electrons. The van der Waals surface area contributed by atoms with Crippen LogP contribution in [0.15, 0.2) is 59.5 Å². The number of aliphatic carboxylic acids is 1. The fourth-order valence-corrected chi connectivity index (χ4v) is 3.99. The van der Waals surface area contributed by atoms with Gasteiger partial charge in [0.1, 0.15) is 18.2 Å². The molecule has 0 bridgehead atoms. The third-order valence-corrected chi connectivity index (χ3v) is 5.48. The summed E-state index contributed by atoms with van der Waals surface area (Å²) >= 11 is 6.18. The molecule has 8 heteroatoms. The standard InChI is InChI=1S/C23H17ClF2N2O3/c1-13-23(16-9-15(24)6-7-20(16)28(13)12-22(30)31)14-5-8-21(29)27(10-14)11-17-18(25)3-2-4-19(17)26/h2-10H,11-12H2,1H3,(H,30,31). The first kappa shape index (κ1) is 20.8. The molecule has 5 nitrogen and oxygen atoms in total. The Morgan fingerprint density at radius 1 is 1.10 bits per heavy atom. The Morgan fingerprint density at radius 3 is 2.48 bits per heavy atom. The number of hydrogen-bond acceptors (Lipinski definition) is 2. The first-order chi connectivity index (χ1) is 14.8. The van der Waals surface area contributed by atoms with Crippen LogP contribution in [0.2, 0.25) is 5.02 Å². The van der Waals surface area contributed by atoms with Gasteiger partial charge in [-0.15, -0.1) is 0 Å². The number of carbonyl (C=O) groups is 1. The summed E-state index contributed by atoms with van der Waals surface area (Å²) in [6.07, 6.45) is 1.52. The number of fused-ring (bicyclic) bond motifs is 1. The van der Waals surface area contributed by atoms with E-state index in [1.165, 1.54) is 22.9 Å². The topological polar surface area (TPSA) is 64.2 Å². The Bertz CT molecular complexity index is 1370. The zero-order valence-corrected chi connectivity index (χ0v) is 17.2. The molecular formula is C23H17ClF2N2O3. The number of halogens is 3. The molecule has 2 heterocycles. The zero-order chi connectivity index (χ0) is 22.3. The van der Waals surface area contributed by atoms with E-state index in [-0.39, 0.29) is 18.7 Å². The van der Waals surface area contributed by atoms with Gasteiger partial charge in [-0.3, -0.25) is 9.59 Å². The number of benzene rings is 2. The molecule has 4 aromatic rings. The monoisotopic (exact) mass is 442 g/mol. The van der Waals surface area contributed by atoms with Gasteiger partial charge in [-0.1, -0.05) is 17.7 Å². The van der Waals surface area contributed by atoms with E-state index in [0.29, 0.717) is 32.7 Å². The van der Waals surface area contributed by atoms with Crippen molar-refractivity contribution < 1.29 is 18.7 Å². The molecule has 0 unspecified atom stereocenters. The first-order valence-electron chi connectivity index (χ1n) is 9.40. The maximum atomic E-state index is 14.1. The molecule has 4 rings (SSSR count). The minimum Gasteiger partial charge on any atom is -0.480 e. The highest BCUT2D eigenvalue weighted by molar-refractivity contribution is 6.31. The first-order valence-corrected chi connectivity index (χ1v) is 9.78. The van der Waals surface area contributed by atoms with Gasteiger partial charge in [-0.2, -0.15) is 0 Å². The summed E-state index contributed by atoms with van der Waals surface area (Å²) in [5, 5.41) is 10.5. The van der Waals surface area contributed by atoms with Crippen LogP contribution < -0.4 is 5.56 Å². The molecule has 0 spiro atoms. The molecular weight excluding hydrogens is 426 g/mol. The Labute approximate surface area is 180 Å². The van der Waals surface area contributed by atoms with Crippen LogP contribution in [0.25, 0.3) is 22.0 Å². The molecule has 2 aromatic carbocycles. The number of aromatic nitrogens is 2.